The summed E-state index contributed by atoms with van der Waals surface area (Å²) in [6.07, 6.45) is 0. The standard InChI is InChI=1S/C17H17NO3/c1-12-5-4-7-14(16(12)19)17(20)18-9-10-21-15-8-3-2-6-13(15)11-18/h2-8,19H,9-11H2,1H3. The van der Waals surface area contributed by atoms with Gasteiger partial charge in [0, 0.05) is 12.1 Å². The van der Waals surface area contributed by atoms with Crippen LogP contribution in [-0.2, 0) is 6.54 Å². The monoisotopic (exact) mass is 283 g/mol. The fourth-order valence-corrected chi connectivity index (χ4v) is 2.50. The van der Waals surface area contributed by atoms with E-state index in [0.29, 0.717) is 30.8 Å². The van der Waals surface area contributed by atoms with E-state index in [4.69, 9.17) is 4.74 Å². The predicted molar refractivity (Wildman–Crippen MR) is 79.5 cm³/mol. The van der Waals surface area contributed by atoms with E-state index in [9.17, 15) is 9.90 Å². The molecule has 0 saturated carbocycles. The van der Waals surface area contributed by atoms with Crippen LogP contribution >= 0.6 is 0 Å². The van der Waals surface area contributed by atoms with Crippen LogP contribution in [-0.4, -0.2) is 29.1 Å². The van der Waals surface area contributed by atoms with E-state index in [1.807, 2.05) is 24.3 Å². The molecule has 21 heavy (non-hydrogen) atoms. The molecular weight excluding hydrogens is 266 g/mol. The Morgan fingerprint density at radius 3 is 2.86 bits per heavy atom. The number of benzene rings is 2. The highest BCUT2D eigenvalue weighted by atomic mass is 16.5. The van der Waals surface area contributed by atoms with Crippen LogP contribution in [0.1, 0.15) is 21.5 Å². The summed E-state index contributed by atoms with van der Waals surface area (Å²) < 4.78 is 5.66. The second-order valence-corrected chi connectivity index (χ2v) is 5.15. The first-order valence-corrected chi connectivity index (χ1v) is 6.95. The number of carbonyl (C=O) groups is 1. The molecule has 4 heteroatoms. The number of phenolic OH excluding ortho intramolecular Hbond substituents is 1. The van der Waals surface area contributed by atoms with Crippen molar-refractivity contribution in [1.82, 2.24) is 4.90 Å². The number of carbonyl (C=O) groups excluding carboxylic acids is 1. The summed E-state index contributed by atoms with van der Waals surface area (Å²) in [6.45, 7) is 3.23. The lowest BCUT2D eigenvalue weighted by Crippen LogP contribution is -2.32. The molecule has 108 valence electrons. The van der Waals surface area contributed by atoms with E-state index in [0.717, 1.165) is 11.3 Å². The van der Waals surface area contributed by atoms with Crippen molar-refractivity contribution in [3.05, 3.63) is 59.2 Å². The van der Waals surface area contributed by atoms with Crippen molar-refractivity contribution in [2.75, 3.05) is 13.2 Å². The summed E-state index contributed by atoms with van der Waals surface area (Å²) in [4.78, 5) is 14.4. The van der Waals surface area contributed by atoms with Crippen molar-refractivity contribution in [2.45, 2.75) is 13.5 Å². The van der Waals surface area contributed by atoms with Crippen LogP contribution in [0.2, 0.25) is 0 Å². The average Bonchev–Trinajstić information content (AvgIpc) is 2.71. The van der Waals surface area contributed by atoms with Crippen LogP contribution in [0, 0.1) is 6.92 Å². The SMILES string of the molecule is Cc1cccc(C(=O)N2CCOc3ccccc3C2)c1O. The van der Waals surface area contributed by atoms with E-state index in [1.165, 1.54) is 0 Å². The molecular formula is C17H17NO3. The van der Waals surface area contributed by atoms with Crippen molar-refractivity contribution < 1.29 is 14.6 Å². The smallest absolute Gasteiger partial charge is 0.258 e. The number of ether oxygens (including phenoxy) is 1. The number of amides is 1. The summed E-state index contributed by atoms with van der Waals surface area (Å²) >= 11 is 0. The van der Waals surface area contributed by atoms with Gasteiger partial charge < -0.3 is 14.7 Å². The summed E-state index contributed by atoms with van der Waals surface area (Å²) in [6, 6.07) is 12.9. The van der Waals surface area contributed by atoms with Crippen LogP contribution in [0.25, 0.3) is 0 Å². The molecule has 3 rings (SSSR count). The van der Waals surface area contributed by atoms with E-state index < -0.39 is 0 Å². The van der Waals surface area contributed by atoms with Crippen LogP contribution in [0.3, 0.4) is 0 Å². The Balaban J connectivity index is 1.90. The number of aryl methyl sites for hydroxylation is 1. The molecule has 0 unspecified atom stereocenters. The lowest BCUT2D eigenvalue weighted by molar-refractivity contribution is 0.0730. The van der Waals surface area contributed by atoms with Crippen molar-refractivity contribution in [3.63, 3.8) is 0 Å². The number of nitrogens with zero attached hydrogens (tertiary/aromatic N) is 1. The van der Waals surface area contributed by atoms with Gasteiger partial charge >= 0.3 is 0 Å². The Bertz CT molecular complexity index is 681. The molecule has 0 atom stereocenters. The van der Waals surface area contributed by atoms with Gasteiger partial charge in [-0.2, -0.15) is 0 Å². The lowest BCUT2D eigenvalue weighted by Gasteiger charge is -2.20. The maximum absolute atomic E-state index is 12.6. The summed E-state index contributed by atoms with van der Waals surface area (Å²) in [7, 11) is 0. The number of fused-ring (bicyclic) bond motifs is 1. The second-order valence-electron chi connectivity index (χ2n) is 5.15. The first-order chi connectivity index (χ1) is 10.2. The molecule has 0 spiro atoms. The van der Waals surface area contributed by atoms with Gasteiger partial charge in [-0.1, -0.05) is 30.3 Å². The zero-order valence-corrected chi connectivity index (χ0v) is 11.9. The molecule has 2 aromatic carbocycles. The summed E-state index contributed by atoms with van der Waals surface area (Å²) in [5.41, 5.74) is 2.03. The van der Waals surface area contributed by atoms with Gasteiger partial charge in [-0.15, -0.1) is 0 Å². The zero-order chi connectivity index (χ0) is 14.8. The third-order valence-corrected chi connectivity index (χ3v) is 3.71. The number of hydrogen-bond donors (Lipinski definition) is 1. The van der Waals surface area contributed by atoms with Gasteiger partial charge in [0.05, 0.1) is 12.1 Å². The number of para-hydroxylation sites is 2. The molecule has 1 aliphatic rings. The number of phenols is 1. The summed E-state index contributed by atoms with van der Waals surface area (Å²) in [5.74, 6) is 0.707. The summed E-state index contributed by atoms with van der Waals surface area (Å²) in [5, 5.41) is 10.1. The Kier molecular flexibility index (Phi) is 3.52. The topological polar surface area (TPSA) is 49.8 Å². The van der Waals surface area contributed by atoms with Crippen LogP contribution in [0.4, 0.5) is 0 Å². The van der Waals surface area contributed by atoms with Gasteiger partial charge in [-0.05, 0) is 24.6 Å². The molecule has 0 radical (unpaired) electrons. The molecule has 0 fully saturated rings. The third kappa shape index (κ3) is 2.57. The molecule has 1 N–H and O–H groups in total. The molecule has 1 heterocycles. The predicted octanol–water partition coefficient (Wildman–Crippen LogP) is 2.74. The minimum atomic E-state index is -0.170. The van der Waals surface area contributed by atoms with Gasteiger partial charge in [-0.25, -0.2) is 0 Å². The van der Waals surface area contributed by atoms with Crippen molar-refractivity contribution in [2.24, 2.45) is 0 Å². The molecule has 0 saturated heterocycles. The van der Waals surface area contributed by atoms with Gasteiger partial charge in [0.2, 0.25) is 0 Å². The second kappa shape index (κ2) is 5.48. The highest BCUT2D eigenvalue weighted by Crippen LogP contribution is 2.26. The molecule has 0 aliphatic carbocycles. The fraction of sp³-hybridized carbons (Fsp3) is 0.235. The Labute approximate surface area is 123 Å². The Morgan fingerprint density at radius 1 is 1.19 bits per heavy atom. The van der Waals surface area contributed by atoms with Gasteiger partial charge in [0.25, 0.3) is 5.91 Å². The number of aromatic hydroxyl groups is 1. The minimum absolute atomic E-state index is 0.0564. The normalized spacial score (nSPS) is 14.0. The van der Waals surface area contributed by atoms with E-state index in [2.05, 4.69) is 0 Å². The maximum Gasteiger partial charge on any atom is 0.258 e. The van der Waals surface area contributed by atoms with Crippen LogP contribution in [0.5, 0.6) is 11.5 Å². The number of hydrogen-bond acceptors (Lipinski definition) is 3. The van der Waals surface area contributed by atoms with Crippen molar-refractivity contribution >= 4 is 5.91 Å². The van der Waals surface area contributed by atoms with Crippen molar-refractivity contribution in [3.8, 4) is 11.5 Å². The van der Waals surface area contributed by atoms with Gasteiger partial charge in [-0.3, -0.25) is 4.79 Å². The average molecular weight is 283 g/mol. The first-order valence-electron chi connectivity index (χ1n) is 6.95. The highest BCUT2D eigenvalue weighted by Gasteiger charge is 2.23. The van der Waals surface area contributed by atoms with Gasteiger partial charge in [0.1, 0.15) is 18.1 Å². The third-order valence-electron chi connectivity index (χ3n) is 3.71. The Hall–Kier alpha value is -2.49. The maximum atomic E-state index is 12.6. The van der Waals surface area contributed by atoms with Gasteiger partial charge in [0.15, 0.2) is 0 Å². The molecule has 1 amide bonds. The highest BCUT2D eigenvalue weighted by molar-refractivity contribution is 5.97. The van der Waals surface area contributed by atoms with Crippen molar-refractivity contribution in [1.29, 1.82) is 0 Å². The van der Waals surface area contributed by atoms with E-state index in [-0.39, 0.29) is 11.7 Å². The Morgan fingerprint density at radius 2 is 2.00 bits per heavy atom. The molecule has 0 bridgehead atoms. The molecule has 4 nitrogen and oxygen atoms in total. The quantitative estimate of drug-likeness (QED) is 0.875. The fourth-order valence-electron chi connectivity index (χ4n) is 2.50. The minimum Gasteiger partial charge on any atom is -0.507 e. The molecule has 0 aromatic heterocycles. The van der Waals surface area contributed by atoms with Crippen LogP contribution in [0.15, 0.2) is 42.5 Å². The lowest BCUT2D eigenvalue weighted by atomic mass is 10.1. The van der Waals surface area contributed by atoms with E-state index >= 15 is 0 Å². The molecule has 2 aromatic rings. The van der Waals surface area contributed by atoms with Crippen LogP contribution < -0.4 is 4.74 Å². The first kappa shape index (κ1) is 13.5. The number of rotatable bonds is 1. The van der Waals surface area contributed by atoms with E-state index in [1.54, 1.807) is 30.0 Å². The largest absolute Gasteiger partial charge is 0.507 e. The zero-order valence-electron chi connectivity index (χ0n) is 11.9. The molecule has 1 aliphatic heterocycles.